The van der Waals surface area contributed by atoms with Gasteiger partial charge in [0, 0.05) is 18.3 Å². The Morgan fingerprint density at radius 3 is 2.62 bits per heavy atom. The van der Waals surface area contributed by atoms with E-state index in [0.717, 1.165) is 24.4 Å². The van der Waals surface area contributed by atoms with Gasteiger partial charge >= 0.3 is 0 Å². The van der Waals surface area contributed by atoms with Crippen molar-refractivity contribution < 1.29 is 4.74 Å². The molecule has 0 bridgehead atoms. The molecule has 1 N–H and O–H groups in total. The molecule has 0 spiro atoms. The first-order valence-corrected chi connectivity index (χ1v) is 7.65. The van der Waals surface area contributed by atoms with Crippen molar-refractivity contribution in [3.05, 3.63) is 59.2 Å². The Labute approximate surface area is 128 Å². The quantitative estimate of drug-likeness (QED) is 0.797. The first kappa shape index (κ1) is 15.4. The molecular weight excluding hydrogens is 258 g/mol. The third kappa shape index (κ3) is 4.52. The number of benzene rings is 2. The van der Waals surface area contributed by atoms with Gasteiger partial charge in [-0.1, -0.05) is 36.8 Å². The maximum atomic E-state index is 5.86. The van der Waals surface area contributed by atoms with Crippen LogP contribution in [-0.4, -0.2) is 6.10 Å². The zero-order valence-corrected chi connectivity index (χ0v) is 13.4. The third-order valence-electron chi connectivity index (χ3n) is 3.73. The first-order valence-electron chi connectivity index (χ1n) is 7.65. The van der Waals surface area contributed by atoms with Gasteiger partial charge in [-0.15, -0.1) is 0 Å². The van der Waals surface area contributed by atoms with E-state index in [9.17, 15) is 0 Å². The second-order valence-electron chi connectivity index (χ2n) is 5.65. The molecule has 2 aromatic carbocycles. The molecule has 0 saturated carbocycles. The van der Waals surface area contributed by atoms with Crippen LogP contribution in [0.15, 0.2) is 42.5 Å². The Kier molecular flexibility index (Phi) is 5.26. The standard InChI is InChI=1S/C19H25NO/c1-5-16(4)21-19-8-6-7-18(12-19)20-13-17-10-9-14(2)11-15(17)3/h6-12,16,20H,5,13H2,1-4H3. The van der Waals surface area contributed by atoms with E-state index in [1.807, 2.05) is 12.1 Å². The van der Waals surface area contributed by atoms with Crippen LogP contribution in [0.4, 0.5) is 5.69 Å². The van der Waals surface area contributed by atoms with Crippen LogP contribution < -0.4 is 10.1 Å². The molecule has 21 heavy (non-hydrogen) atoms. The summed E-state index contributed by atoms with van der Waals surface area (Å²) in [5.41, 5.74) is 5.05. The predicted octanol–water partition coefficient (Wildman–Crippen LogP) is 5.09. The highest BCUT2D eigenvalue weighted by molar-refractivity contribution is 5.49. The van der Waals surface area contributed by atoms with Crippen molar-refractivity contribution in [3.8, 4) is 5.75 Å². The van der Waals surface area contributed by atoms with Crippen molar-refractivity contribution >= 4 is 5.69 Å². The highest BCUT2D eigenvalue weighted by Gasteiger charge is 2.03. The van der Waals surface area contributed by atoms with E-state index in [2.05, 4.69) is 63.3 Å². The highest BCUT2D eigenvalue weighted by Crippen LogP contribution is 2.20. The van der Waals surface area contributed by atoms with Crippen molar-refractivity contribution in [1.82, 2.24) is 0 Å². The smallest absolute Gasteiger partial charge is 0.121 e. The number of nitrogens with one attached hydrogen (secondary N) is 1. The fraction of sp³-hybridized carbons (Fsp3) is 0.368. The van der Waals surface area contributed by atoms with Crippen molar-refractivity contribution in [1.29, 1.82) is 0 Å². The summed E-state index contributed by atoms with van der Waals surface area (Å²) in [5, 5.41) is 3.47. The summed E-state index contributed by atoms with van der Waals surface area (Å²) in [6, 6.07) is 14.8. The fourth-order valence-corrected chi connectivity index (χ4v) is 2.24. The summed E-state index contributed by atoms with van der Waals surface area (Å²) >= 11 is 0. The van der Waals surface area contributed by atoms with Crippen molar-refractivity contribution in [2.45, 2.75) is 46.8 Å². The van der Waals surface area contributed by atoms with E-state index >= 15 is 0 Å². The van der Waals surface area contributed by atoms with Crippen LogP contribution in [0.3, 0.4) is 0 Å². The van der Waals surface area contributed by atoms with Crippen molar-refractivity contribution in [2.75, 3.05) is 5.32 Å². The molecule has 0 radical (unpaired) electrons. The van der Waals surface area contributed by atoms with E-state index < -0.39 is 0 Å². The summed E-state index contributed by atoms with van der Waals surface area (Å²) in [7, 11) is 0. The number of ether oxygens (including phenoxy) is 1. The molecule has 2 heteroatoms. The Hall–Kier alpha value is -1.96. The molecule has 0 amide bonds. The average Bonchev–Trinajstić information content (AvgIpc) is 2.46. The minimum Gasteiger partial charge on any atom is -0.491 e. The number of rotatable bonds is 6. The van der Waals surface area contributed by atoms with Gasteiger partial charge in [-0.05, 0) is 50.5 Å². The summed E-state index contributed by atoms with van der Waals surface area (Å²) in [5.74, 6) is 0.926. The zero-order valence-electron chi connectivity index (χ0n) is 13.4. The van der Waals surface area contributed by atoms with Gasteiger partial charge in [0.2, 0.25) is 0 Å². The van der Waals surface area contributed by atoms with Crippen LogP contribution in [0.25, 0.3) is 0 Å². The van der Waals surface area contributed by atoms with Gasteiger partial charge in [0.05, 0.1) is 6.10 Å². The molecule has 0 saturated heterocycles. The lowest BCUT2D eigenvalue weighted by atomic mass is 10.1. The summed E-state index contributed by atoms with van der Waals surface area (Å²) in [4.78, 5) is 0. The first-order chi connectivity index (χ1) is 10.1. The maximum absolute atomic E-state index is 5.86. The van der Waals surface area contributed by atoms with E-state index in [-0.39, 0.29) is 6.10 Å². The molecule has 0 aromatic heterocycles. The Morgan fingerprint density at radius 2 is 1.90 bits per heavy atom. The van der Waals surface area contributed by atoms with Gasteiger partial charge in [0.1, 0.15) is 5.75 Å². The lowest BCUT2D eigenvalue weighted by Gasteiger charge is -2.14. The largest absolute Gasteiger partial charge is 0.491 e. The van der Waals surface area contributed by atoms with E-state index in [1.54, 1.807) is 0 Å². The number of hydrogen-bond donors (Lipinski definition) is 1. The number of aryl methyl sites for hydroxylation is 2. The van der Waals surface area contributed by atoms with Gasteiger partial charge in [-0.3, -0.25) is 0 Å². The fourth-order valence-electron chi connectivity index (χ4n) is 2.24. The van der Waals surface area contributed by atoms with Crippen LogP contribution in [0, 0.1) is 13.8 Å². The Bertz CT molecular complexity index is 592. The molecule has 0 heterocycles. The lowest BCUT2D eigenvalue weighted by molar-refractivity contribution is 0.217. The van der Waals surface area contributed by atoms with Crippen LogP contribution in [0.1, 0.15) is 37.0 Å². The second-order valence-corrected chi connectivity index (χ2v) is 5.65. The van der Waals surface area contributed by atoms with Crippen LogP contribution in [0.2, 0.25) is 0 Å². The van der Waals surface area contributed by atoms with Gasteiger partial charge in [-0.25, -0.2) is 0 Å². The molecule has 0 aliphatic carbocycles. The van der Waals surface area contributed by atoms with Crippen molar-refractivity contribution in [2.24, 2.45) is 0 Å². The topological polar surface area (TPSA) is 21.3 Å². The normalized spacial score (nSPS) is 12.0. The lowest BCUT2D eigenvalue weighted by Crippen LogP contribution is -2.10. The van der Waals surface area contributed by atoms with Gasteiger partial charge in [-0.2, -0.15) is 0 Å². The van der Waals surface area contributed by atoms with Crippen LogP contribution in [-0.2, 0) is 6.54 Å². The summed E-state index contributed by atoms with van der Waals surface area (Å²) in [6.07, 6.45) is 1.26. The van der Waals surface area contributed by atoms with E-state index in [1.165, 1.54) is 16.7 Å². The molecule has 1 atom stereocenters. The third-order valence-corrected chi connectivity index (χ3v) is 3.73. The number of hydrogen-bond acceptors (Lipinski definition) is 2. The molecule has 2 aromatic rings. The molecular formula is C19H25NO. The minimum absolute atomic E-state index is 0.250. The van der Waals surface area contributed by atoms with Crippen molar-refractivity contribution in [3.63, 3.8) is 0 Å². The molecule has 1 unspecified atom stereocenters. The molecule has 0 aliphatic heterocycles. The van der Waals surface area contributed by atoms with Gasteiger partial charge in [0.15, 0.2) is 0 Å². The predicted molar refractivity (Wildman–Crippen MR) is 90.1 cm³/mol. The molecule has 2 rings (SSSR count). The average molecular weight is 283 g/mol. The Morgan fingerprint density at radius 1 is 1.10 bits per heavy atom. The number of anilines is 1. The Balaban J connectivity index is 2.01. The molecule has 0 aliphatic rings. The van der Waals surface area contributed by atoms with Gasteiger partial charge in [0.25, 0.3) is 0 Å². The van der Waals surface area contributed by atoms with Crippen LogP contribution in [0.5, 0.6) is 5.75 Å². The maximum Gasteiger partial charge on any atom is 0.121 e. The SMILES string of the molecule is CCC(C)Oc1cccc(NCc2ccc(C)cc2C)c1. The molecule has 112 valence electrons. The van der Waals surface area contributed by atoms with E-state index in [0.29, 0.717) is 0 Å². The second kappa shape index (κ2) is 7.16. The van der Waals surface area contributed by atoms with Crippen LogP contribution >= 0.6 is 0 Å². The highest BCUT2D eigenvalue weighted by atomic mass is 16.5. The molecule has 0 fully saturated rings. The summed E-state index contributed by atoms with van der Waals surface area (Å²) in [6.45, 7) is 9.34. The van der Waals surface area contributed by atoms with E-state index in [4.69, 9.17) is 4.74 Å². The zero-order chi connectivity index (χ0) is 15.2. The summed E-state index contributed by atoms with van der Waals surface area (Å²) < 4.78 is 5.86. The minimum atomic E-state index is 0.250. The monoisotopic (exact) mass is 283 g/mol. The van der Waals surface area contributed by atoms with Gasteiger partial charge < -0.3 is 10.1 Å². The molecule has 2 nitrogen and oxygen atoms in total.